The smallest absolute Gasteiger partial charge is 0.254 e. The van der Waals surface area contributed by atoms with Gasteiger partial charge < -0.3 is 19.1 Å². The normalized spacial score (nSPS) is 15.6. The lowest BCUT2D eigenvalue weighted by molar-refractivity contribution is 0.0395. The van der Waals surface area contributed by atoms with Crippen molar-refractivity contribution in [2.75, 3.05) is 26.5 Å². The van der Waals surface area contributed by atoms with Crippen LogP contribution in [0.25, 0.3) is 10.8 Å². The Bertz CT molecular complexity index is 1000. The van der Waals surface area contributed by atoms with Crippen molar-refractivity contribution in [1.82, 2.24) is 4.90 Å². The zero-order chi connectivity index (χ0) is 18.2. The monoisotopic (exact) mass is 361 g/mol. The molecule has 0 atom stereocenters. The molecule has 2 heterocycles. The molecule has 0 spiro atoms. The Morgan fingerprint density at radius 1 is 1.00 bits per heavy atom. The highest BCUT2D eigenvalue weighted by Gasteiger charge is 2.32. The van der Waals surface area contributed by atoms with Crippen molar-refractivity contribution in [3.63, 3.8) is 0 Å². The van der Waals surface area contributed by atoms with Crippen LogP contribution in [0.15, 0.2) is 60.7 Å². The van der Waals surface area contributed by atoms with Gasteiger partial charge in [-0.15, -0.1) is 0 Å². The highest BCUT2D eigenvalue weighted by molar-refractivity contribution is 6.07. The summed E-state index contributed by atoms with van der Waals surface area (Å²) >= 11 is 0. The minimum Gasteiger partial charge on any atom is -0.493 e. The molecule has 2 aliphatic rings. The van der Waals surface area contributed by atoms with Gasteiger partial charge in [-0.05, 0) is 29.0 Å². The summed E-state index contributed by atoms with van der Waals surface area (Å²) in [5.74, 6) is 2.66. The number of benzene rings is 3. The molecule has 3 aromatic carbocycles. The van der Waals surface area contributed by atoms with Crippen LogP contribution < -0.4 is 14.2 Å². The predicted octanol–water partition coefficient (Wildman–Crippen LogP) is 3.72. The van der Waals surface area contributed by atoms with E-state index in [1.54, 1.807) is 0 Å². The molecule has 0 unspecified atom stereocenters. The van der Waals surface area contributed by atoms with E-state index in [9.17, 15) is 4.79 Å². The summed E-state index contributed by atoms with van der Waals surface area (Å²) in [6.45, 7) is 2.27. The van der Waals surface area contributed by atoms with E-state index in [4.69, 9.17) is 14.2 Å². The number of hydrogen-bond donors (Lipinski definition) is 0. The molecule has 5 heteroatoms. The molecule has 27 heavy (non-hydrogen) atoms. The van der Waals surface area contributed by atoms with E-state index < -0.39 is 0 Å². The van der Waals surface area contributed by atoms with Crippen LogP contribution in [-0.4, -0.2) is 37.3 Å². The van der Waals surface area contributed by atoms with Crippen molar-refractivity contribution >= 4 is 16.7 Å². The number of nitrogens with zero attached hydrogens (tertiary/aromatic N) is 1. The maximum absolute atomic E-state index is 12.8. The molecule has 0 aromatic heterocycles. The molecule has 0 radical (unpaired) electrons. The van der Waals surface area contributed by atoms with Crippen molar-refractivity contribution in [1.29, 1.82) is 0 Å². The van der Waals surface area contributed by atoms with Crippen LogP contribution in [-0.2, 0) is 0 Å². The number of carbonyl (C=O) groups excluding carboxylic acids is 1. The Labute approximate surface area is 157 Å². The van der Waals surface area contributed by atoms with Crippen LogP contribution in [0.2, 0.25) is 0 Å². The topological polar surface area (TPSA) is 48.0 Å². The van der Waals surface area contributed by atoms with Gasteiger partial charge in [-0.2, -0.15) is 0 Å². The summed E-state index contributed by atoms with van der Waals surface area (Å²) in [4.78, 5) is 14.7. The number of fused-ring (bicyclic) bond motifs is 2. The van der Waals surface area contributed by atoms with Gasteiger partial charge in [0.25, 0.3) is 5.91 Å². The van der Waals surface area contributed by atoms with Crippen LogP contribution in [0, 0.1) is 5.92 Å². The average Bonchev–Trinajstić information content (AvgIpc) is 3.14. The van der Waals surface area contributed by atoms with E-state index in [0.717, 1.165) is 27.8 Å². The molecule has 5 nitrogen and oxygen atoms in total. The fourth-order valence-corrected chi connectivity index (χ4v) is 3.60. The summed E-state index contributed by atoms with van der Waals surface area (Å²) in [5, 5.41) is 2.09. The maximum Gasteiger partial charge on any atom is 0.254 e. The van der Waals surface area contributed by atoms with E-state index in [2.05, 4.69) is 0 Å². The fraction of sp³-hybridized carbons (Fsp3) is 0.227. The summed E-state index contributed by atoms with van der Waals surface area (Å²) in [6, 6.07) is 19.5. The highest BCUT2D eigenvalue weighted by atomic mass is 16.7. The number of rotatable bonds is 4. The SMILES string of the molecule is O=C(c1cccc2ccccc12)N1CC(COc2ccc3c(c2)OCO3)C1. The predicted molar refractivity (Wildman–Crippen MR) is 101 cm³/mol. The molecular formula is C22H19NO4. The van der Waals surface area contributed by atoms with Gasteiger partial charge in [0, 0.05) is 30.6 Å². The molecule has 1 amide bonds. The Morgan fingerprint density at radius 3 is 2.74 bits per heavy atom. The van der Waals surface area contributed by atoms with Gasteiger partial charge in [-0.1, -0.05) is 36.4 Å². The lowest BCUT2D eigenvalue weighted by Gasteiger charge is -2.39. The first kappa shape index (κ1) is 16.0. The number of amides is 1. The maximum atomic E-state index is 12.8. The Hall–Kier alpha value is -3.21. The molecule has 136 valence electrons. The summed E-state index contributed by atoms with van der Waals surface area (Å²) in [6.07, 6.45) is 0. The Kier molecular flexibility index (Phi) is 3.85. The van der Waals surface area contributed by atoms with Gasteiger partial charge in [-0.3, -0.25) is 4.79 Å². The van der Waals surface area contributed by atoms with Crippen LogP contribution in [0.4, 0.5) is 0 Å². The van der Waals surface area contributed by atoms with Gasteiger partial charge in [0.05, 0.1) is 6.61 Å². The van der Waals surface area contributed by atoms with Gasteiger partial charge in [0.15, 0.2) is 11.5 Å². The Balaban J connectivity index is 1.20. The third kappa shape index (κ3) is 2.95. The van der Waals surface area contributed by atoms with E-state index in [1.807, 2.05) is 65.6 Å². The molecule has 5 rings (SSSR count). The molecule has 0 saturated carbocycles. The summed E-state index contributed by atoms with van der Waals surface area (Å²) in [7, 11) is 0. The van der Waals surface area contributed by atoms with Crippen molar-refractivity contribution in [3.8, 4) is 17.2 Å². The lowest BCUT2D eigenvalue weighted by Crippen LogP contribution is -2.52. The van der Waals surface area contributed by atoms with E-state index >= 15 is 0 Å². The molecule has 1 saturated heterocycles. The molecule has 1 fully saturated rings. The molecule has 0 bridgehead atoms. The van der Waals surface area contributed by atoms with Crippen molar-refractivity contribution in [2.45, 2.75) is 0 Å². The first-order valence-corrected chi connectivity index (χ1v) is 9.07. The van der Waals surface area contributed by atoms with Crippen molar-refractivity contribution in [3.05, 3.63) is 66.2 Å². The second kappa shape index (κ2) is 6.50. The van der Waals surface area contributed by atoms with E-state index in [1.165, 1.54) is 0 Å². The van der Waals surface area contributed by atoms with Crippen LogP contribution in [0.3, 0.4) is 0 Å². The number of hydrogen-bond acceptors (Lipinski definition) is 4. The van der Waals surface area contributed by atoms with Crippen LogP contribution in [0.5, 0.6) is 17.2 Å². The highest BCUT2D eigenvalue weighted by Crippen LogP contribution is 2.35. The molecular weight excluding hydrogens is 342 g/mol. The van der Waals surface area contributed by atoms with E-state index in [-0.39, 0.29) is 12.7 Å². The van der Waals surface area contributed by atoms with Crippen molar-refractivity contribution in [2.24, 2.45) is 5.92 Å². The molecule has 2 aliphatic heterocycles. The summed E-state index contributed by atoms with van der Waals surface area (Å²) in [5.41, 5.74) is 0.767. The lowest BCUT2D eigenvalue weighted by atomic mass is 9.97. The molecule has 0 N–H and O–H groups in total. The van der Waals surface area contributed by atoms with Gasteiger partial charge in [0.2, 0.25) is 6.79 Å². The Morgan fingerprint density at radius 2 is 1.81 bits per heavy atom. The van der Waals surface area contributed by atoms with Crippen molar-refractivity contribution < 1.29 is 19.0 Å². The third-order valence-electron chi connectivity index (χ3n) is 5.09. The van der Waals surface area contributed by atoms with Gasteiger partial charge in [0.1, 0.15) is 5.75 Å². The van der Waals surface area contributed by atoms with Crippen LogP contribution in [0.1, 0.15) is 10.4 Å². The van der Waals surface area contributed by atoms with Gasteiger partial charge >= 0.3 is 0 Å². The first-order chi connectivity index (χ1) is 13.3. The zero-order valence-electron chi connectivity index (χ0n) is 14.8. The quantitative estimate of drug-likeness (QED) is 0.711. The number of likely N-dealkylation sites (tertiary alicyclic amines) is 1. The van der Waals surface area contributed by atoms with E-state index in [0.29, 0.717) is 31.4 Å². The number of ether oxygens (including phenoxy) is 3. The fourth-order valence-electron chi connectivity index (χ4n) is 3.60. The second-order valence-corrected chi connectivity index (χ2v) is 6.93. The number of carbonyl (C=O) groups is 1. The minimum absolute atomic E-state index is 0.0890. The zero-order valence-corrected chi connectivity index (χ0v) is 14.8. The summed E-state index contributed by atoms with van der Waals surface area (Å²) < 4.78 is 16.5. The molecule has 0 aliphatic carbocycles. The standard InChI is InChI=1S/C22H19NO4/c24-22(19-7-3-5-16-4-1-2-6-18(16)19)23-11-15(12-23)13-25-17-8-9-20-21(10-17)27-14-26-20/h1-10,15H,11-14H2. The average molecular weight is 361 g/mol. The van der Waals surface area contributed by atoms with Crippen LogP contribution >= 0.6 is 0 Å². The minimum atomic E-state index is 0.0890. The second-order valence-electron chi connectivity index (χ2n) is 6.93. The molecule has 3 aromatic rings. The first-order valence-electron chi connectivity index (χ1n) is 9.07. The third-order valence-corrected chi connectivity index (χ3v) is 5.09. The largest absolute Gasteiger partial charge is 0.493 e. The van der Waals surface area contributed by atoms with Gasteiger partial charge in [-0.25, -0.2) is 0 Å².